The number of nitrogens with two attached hydrogens (primary N) is 1. The standard InChI is InChI=1S/C16H23N3O/c1-13(18)15-6-8-19(9-7-15)10-11-20-16-4-2-14(12-17)3-5-16/h2-5,13,15H,6-11,18H2,1H3. The Hall–Kier alpha value is -1.57. The quantitative estimate of drug-likeness (QED) is 0.891. The molecule has 20 heavy (non-hydrogen) atoms. The molecule has 4 heteroatoms. The molecule has 0 spiro atoms. The Labute approximate surface area is 121 Å². The van der Waals surface area contributed by atoms with Crippen molar-refractivity contribution in [2.45, 2.75) is 25.8 Å². The van der Waals surface area contributed by atoms with Crippen LogP contribution >= 0.6 is 0 Å². The molecule has 4 nitrogen and oxygen atoms in total. The summed E-state index contributed by atoms with van der Waals surface area (Å²) >= 11 is 0. The monoisotopic (exact) mass is 273 g/mol. The highest BCUT2D eigenvalue weighted by Gasteiger charge is 2.21. The van der Waals surface area contributed by atoms with Gasteiger partial charge in [0.25, 0.3) is 0 Å². The van der Waals surface area contributed by atoms with Crippen molar-refractivity contribution in [1.29, 1.82) is 5.26 Å². The molecule has 1 unspecified atom stereocenters. The maximum Gasteiger partial charge on any atom is 0.119 e. The van der Waals surface area contributed by atoms with E-state index >= 15 is 0 Å². The fourth-order valence-corrected chi connectivity index (χ4v) is 2.62. The number of benzene rings is 1. The first-order valence-corrected chi connectivity index (χ1v) is 7.30. The molecule has 1 fully saturated rings. The van der Waals surface area contributed by atoms with Gasteiger partial charge in [-0.05, 0) is 63.0 Å². The van der Waals surface area contributed by atoms with Gasteiger partial charge in [0.15, 0.2) is 0 Å². The van der Waals surface area contributed by atoms with E-state index < -0.39 is 0 Å². The van der Waals surface area contributed by atoms with Crippen LogP contribution in [0.1, 0.15) is 25.3 Å². The third-order valence-electron chi connectivity index (χ3n) is 4.04. The zero-order valence-corrected chi connectivity index (χ0v) is 12.1. The number of likely N-dealkylation sites (tertiary alicyclic amines) is 1. The Morgan fingerprint density at radius 2 is 2.00 bits per heavy atom. The number of piperidine rings is 1. The zero-order chi connectivity index (χ0) is 14.4. The second-order valence-corrected chi connectivity index (χ2v) is 5.52. The van der Waals surface area contributed by atoms with Crippen LogP contribution in [0.4, 0.5) is 0 Å². The molecule has 1 heterocycles. The summed E-state index contributed by atoms with van der Waals surface area (Å²) in [5, 5.41) is 8.73. The third kappa shape index (κ3) is 4.22. The molecule has 1 aromatic carbocycles. The van der Waals surface area contributed by atoms with E-state index in [1.165, 1.54) is 12.8 Å². The van der Waals surface area contributed by atoms with Crippen LogP contribution in [0.3, 0.4) is 0 Å². The summed E-state index contributed by atoms with van der Waals surface area (Å²) in [6.45, 7) is 5.97. The topological polar surface area (TPSA) is 62.3 Å². The average Bonchev–Trinajstić information content (AvgIpc) is 2.48. The second-order valence-electron chi connectivity index (χ2n) is 5.52. The number of nitriles is 1. The van der Waals surface area contributed by atoms with Gasteiger partial charge in [0.1, 0.15) is 12.4 Å². The van der Waals surface area contributed by atoms with Gasteiger partial charge in [-0.15, -0.1) is 0 Å². The predicted molar refractivity (Wildman–Crippen MR) is 79.5 cm³/mol. The molecule has 2 rings (SSSR count). The molecule has 1 aliphatic rings. The molecule has 0 bridgehead atoms. The molecule has 1 saturated heterocycles. The highest BCUT2D eigenvalue weighted by molar-refractivity contribution is 5.34. The van der Waals surface area contributed by atoms with E-state index in [9.17, 15) is 0 Å². The lowest BCUT2D eigenvalue weighted by atomic mass is 9.91. The van der Waals surface area contributed by atoms with Crippen molar-refractivity contribution < 1.29 is 4.74 Å². The molecule has 1 aliphatic heterocycles. The summed E-state index contributed by atoms with van der Waals surface area (Å²) in [6, 6.07) is 9.67. The molecule has 0 saturated carbocycles. The SMILES string of the molecule is CC(N)C1CCN(CCOc2ccc(C#N)cc2)CC1. The Bertz CT molecular complexity index is 442. The number of rotatable bonds is 5. The fraction of sp³-hybridized carbons (Fsp3) is 0.562. The van der Waals surface area contributed by atoms with Gasteiger partial charge in [-0.25, -0.2) is 0 Å². The van der Waals surface area contributed by atoms with Crippen LogP contribution < -0.4 is 10.5 Å². The maximum atomic E-state index is 8.73. The Morgan fingerprint density at radius 1 is 1.35 bits per heavy atom. The van der Waals surface area contributed by atoms with Gasteiger partial charge in [0, 0.05) is 12.6 Å². The molecule has 0 aliphatic carbocycles. The van der Waals surface area contributed by atoms with Crippen molar-refractivity contribution in [3.8, 4) is 11.8 Å². The van der Waals surface area contributed by atoms with Crippen molar-refractivity contribution in [3.63, 3.8) is 0 Å². The van der Waals surface area contributed by atoms with Crippen molar-refractivity contribution in [3.05, 3.63) is 29.8 Å². The van der Waals surface area contributed by atoms with E-state index in [0.717, 1.165) is 25.4 Å². The molecular formula is C16H23N3O. The molecular weight excluding hydrogens is 250 g/mol. The highest BCUT2D eigenvalue weighted by atomic mass is 16.5. The van der Waals surface area contributed by atoms with Crippen molar-refractivity contribution in [2.75, 3.05) is 26.2 Å². The van der Waals surface area contributed by atoms with E-state index in [-0.39, 0.29) is 0 Å². The van der Waals surface area contributed by atoms with Crippen molar-refractivity contribution in [2.24, 2.45) is 11.7 Å². The summed E-state index contributed by atoms with van der Waals surface area (Å²) in [5.74, 6) is 1.50. The van der Waals surface area contributed by atoms with Crippen LogP contribution in [0.2, 0.25) is 0 Å². The van der Waals surface area contributed by atoms with Crippen LogP contribution in [0.25, 0.3) is 0 Å². The van der Waals surface area contributed by atoms with Crippen LogP contribution in [0.5, 0.6) is 5.75 Å². The average molecular weight is 273 g/mol. The number of hydrogen-bond acceptors (Lipinski definition) is 4. The Kier molecular flexibility index (Phi) is 5.40. The summed E-state index contributed by atoms with van der Waals surface area (Å²) in [7, 11) is 0. The molecule has 0 radical (unpaired) electrons. The molecule has 1 atom stereocenters. The summed E-state index contributed by atoms with van der Waals surface area (Å²) in [4.78, 5) is 2.43. The first-order chi connectivity index (χ1) is 9.69. The van der Waals surface area contributed by atoms with E-state index in [0.29, 0.717) is 24.1 Å². The first kappa shape index (κ1) is 14.8. The van der Waals surface area contributed by atoms with Crippen LogP contribution in [0.15, 0.2) is 24.3 Å². The smallest absolute Gasteiger partial charge is 0.119 e. The van der Waals surface area contributed by atoms with Gasteiger partial charge in [-0.3, -0.25) is 4.90 Å². The van der Waals surface area contributed by atoms with Gasteiger partial charge >= 0.3 is 0 Å². The van der Waals surface area contributed by atoms with E-state index in [4.69, 9.17) is 15.7 Å². The highest BCUT2D eigenvalue weighted by Crippen LogP contribution is 2.19. The molecule has 2 N–H and O–H groups in total. The van der Waals surface area contributed by atoms with Crippen LogP contribution in [0, 0.1) is 17.2 Å². The zero-order valence-electron chi connectivity index (χ0n) is 12.1. The molecule has 1 aromatic rings. The van der Waals surface area contributed by atoms with Gasteiger partial charge < -0.3 is 10.5 Å². The Balaban J connectivity index is 1.67. The van der Waals surface area contributed by atoms with Crippen molar-refractivity contribution in [1.82, 2.24) is 4.90 Å². The summed E-state index contributed by atoms with van der Waals surface area (Å²) in [6.07, 6.45) is 2.38. The summed E-state index contributed by atoms with van der Waals surface area (Å²) < 4.78 is 5.71. The number of ether oxygens (including phenoxy) is 1. The van der Waals surface area contributed by atoms with Gasteiger partial charge in [0.05, 0.1) is 11.6 Å². The van der Waals surface area contributed by atoms with Crippen LogP contribution in [-0.2, 0) is 0 Å². The number of nitrogens with zero attached hydrogens (tertiary/aromatic N) is 2. The molecule has 108 valence electrons. The lowest BCUT2D eigenvalue weighted by Crippen LogP contribution is -2.41. The minimum Gasteiger partial charge on any atom is -0.492 e. The van der Waals surface area contributed by atoms with Gasteiger partial charge in [-0.2, -0.15) is 5.26 Å². The van der Waals surface area contributed by atoms with Crippen LogP contribution in [-0.4, -0.2) is 37.2 Å². The first-order valence-electron chi connectivity index (χ1n) is 7.30. The second kappa shape index (κ2) is 7.28. The van der Waals surface area contributed by atoms with Gasteiger partial charge in [-0.1, -0.05) is 0 Å². The largest absolute Gasteiger partial charge is 0.492 e. The van der Waals surface area contributed by atoms with E-state index in [1.54, 1.807) is 12.1 Å². The fourth-order valence-electron chi connectivity index (χ4n) is 2.62. The normalized spacial score (nSPS) is 18.4. The maximum absolute atomic E-state index is 8.73. The lowest BCUT2D eigenvalue weighted by molar-refractivity contribution is 0.147. The minimum absolute atomic E-state index is 0.312. The lowest BCUT2D eigenvalue weighted by Gasteiger charge is -2.33. The van der Waals surface area contributed by atoms with E-state index in [2.05, 4.69) is 17.9 Å². The molecule has 0 amide bonds. The predicted octanol–water partition coefficient (Wildman–Crippen LogP) is 2.00. The summed E-state index contributed by atoms with van der Waals surface area (Å²) in [5.41, 5.74) is 6.61. The minimum atomic E-state index is 0.312. The molecule has 0 aromatic heterocycles. The Morgan fingerprint density at radius 3 is 2.55 bits per heavy atom. The number of hydrogen-bond donors (Lipinski definition) is 1. The third-order valence-corrected chi connectivity index (χ3v) is 4.04. The van der Waals surface area contributed by atoms with E-state index in [1.807, 2.05) is 12.1 Å². The van der Waals surface area contributed by atoms with Gasteiger partial charge in [0.2, 0.25) is 0 Å². The van der Waals surface area contributed by atoms with Crippen molar-refractivity contribution >= 4 is 0 Å².